The van der Waals surface area contributed by atoms with Crippen LogP contribution in [0.15, 0.2) is 40.7 Å². The quantitative estimate of drug-likeness (QED) is 0.677. The first-order valence-electron chi connectivity index (χ1n) is 7.05. The minimum atomic E-state index is 0.170. The van der Waals surface area contributed by atoms with Crippen molar-refractivity contribution in [3.8, 4) is 5.75 Å². The van der Waals surface area contributed by atoms with Crippen LogP contribution in [0.5, 0.6) is 5.75 Å². The first-order valence-corrected chi connectivity index (χ1v) is 7.93. The van der Waals surface area contributed by atoms with Gasteiger partial charge < -0.3 is 15.8 Å². The van der Waals surface area contributed by atoms with Crippen LogP contribution >= 0.6 is 11.3 Å². The molecule has 0 aliphatic carbocycles. The number of aryl methyl sites for hydroxylation is 1. The molecule has 0 saturated heterocycles. The summed E-state index contributed by atoms with van der Waals surface area (Å²) >= 11 is 1.72. The summed E-state index contributed by atoms with van der Waals surface area (Å²) in [5.74, 6) is 1.42. The molecule has 0 spiro atoms. The van der Waals surface area contributed by atoms with Crippen molar-refractivity contribution in [2.45, 2.75) is 25.9 Å². The molecule has 1 aliphatic heterocycles. The highest BCUT2D eigenvalue weighted by atomic mass is 32.1. The molecule has 1 atom stereocenters. The van der Waals surface area contributed by atoms with E-state index in [1.807, 2.05) is 18.2 Å². The Morgan fingerprint density at radius 3 is 3.10 bits per heavy atom. The molecule has 1 aromatic heterocycles. The summed E-state index contributed by atoms with van der Waals surface area (Å²) in [5, 5.41) is 5.39. The first kappa shape index (κ1) is 13.9. The topological polar surface area (TPSA) is 59.6 Å². The Kier molecular flexibility index (Phi) is 4.10. The number of nitrogens with one attached hydrogen (secondary N) is 1. The molecule has 0 fully saturated rings. The van der Waals surface area contributed by atoms with E-state index in [0.717, 1.165) is 17.7 Å². The van der Waals surface area contributed by atoms with Crippen LogP contribution in [-0.2, 0) is 6.54 Å². The van der Waals surface area contributed by atoms with Crippen LogP contribution in [0.25, 0.3) is 0 Å². The molecule has 0 bridgehead atoms. The van der Waals surface area contributed by atoms with Gasteiger partial charge in [-0.05, 0) is 30.0 Å². The third-order valence-electron chi connectivity index (χ3n) is 3.64. The van der Waals surface area contributed by atoms with Crippen molar-refractivity contribution in [3.63, 3.8) is 0 Å². The van der Waals surface area contributed by atoms with Gasteiger partial charge >= 0.3 is 0 Å². The Bertz CT molecular complexity index is 650. The van der Waals surface area contributed by atoms with E-state index in [-0.39, 0.29) is 6.04 Å². The summed E-state index contributed by atoms with van der Waals surface area (Å²) in [6.45, 7) is 3.43. The lowest BCUT2D eigenvalue weighted by Crippen LogP contribution is -2.37. The van der Waals surface area contributed by atoms with Crippen molar-refractivity contribution in [2.75, 3.05) is 6.61 Å². The predicted molar refractivity (Wildman–Crippen MR) is 86.8 cm³/mol. The van der Waals surface area contributed by atoms with Crippen molar-refractivity contribution in [1.82, 2.24) is 5.32 Å². The largest absolute Gasteiger partial charge is 0.493 e. The van der Waals surface area contributed by atoms with Crippen molar-refractivity contribution >= 4 is 17.3 Å². The number of hydrogen-bond donors (Lipinski definition) is 2. The zero-order valence-electron chi connectivity index (χ0n) is 12.0. The Hall–Kier alpha value is -2.01. The lowest BCUT2D eigenvalue weighted by atomic mass is 10.0. The smallest absolute Gasteiger partial charge is 0.189 e. The molecular weight excluding hydrogens is 282 g/mol. The second-order valence-corrected chi connectivity index (χ2v) is 6.10. The molecule has 4 nitrogen and oxygen atoms in total. The number of para-hydroxylation sites is 1. The molecular formula is C16H19N3OS. The van der Waals surface area contributed by atoms with Crippen molar-refractivity contribution < 1.29 is 4.74 Å². The fraction of sp³-hybridized carbons (Fsp3) is 0.312. The van der Waals surface area contributed by atoms with Gasteiger partial charge in [0.15, 0.2) is 5.96 Å². The van der Waals surface area contributed by atoms with Gasteiger partial charge in [0.05, 0.1) is 19.2 Å². The normalized spacial score (nSPS) is 18.0. The first-order chi connectivity index (χ1) is 10.2. The van der Waals surface area contributed by atoms with E-state index in [4.69, 9.17) is 10.5 Å². The van der Waals surface area contributed by atoms with Gasteiger partial charge in [0.1, 0.15) is 5.75 Å². The minimum Gasteiger partial charge on any atom is -0.493 e. The zero-order valence-corrected chi connectivity index (χ0v) is 12.8. The maximum atomic E-state index is 6.03. The summed E-state index contributed by atoms with van der Waals surface area (Å²) in [7, 11) is 0. The van der Waals surface area contributed by atoms with Gasteiger partial charge in [0.25, 0.3) is 0 Å². The molecule has 0 radical (unpaired) electrons. The highest BCUT2D eigenvalue weighted by molar-refractivity contribution is 7.10. The van der Waals surface area contributed by atoms with Gasteiger partial charge in [0, 0.05) is 16.9 Å². The molecule has 3 rings (SSSR count). The molecule has 110 valence electrons. The fourth-order valence-electron chi connectivity index (χ4n) is 2.44. The number of benzene rings is 1. The number of nitrogens with two attached hydrogens (primary N) is 1. The highest BCUT2D eigenvalue weighted by Gasteiger charge is 2.21. The van der Waals surface area contributed by atoms with E-state index in [0.29, 0.717) is 19.1 Å². The minimum absolute atomic E-state index is 0.170. The van der Waals surface area contributed by atoms with E-state index < -0.39 is 0 Å². The molecule has 21 heavy (non-hydrogen) atoms. The Labute approximate surface area is 128 Å². The number of fused-ring (bicyclic) bond motifs is 1. The van der Waals surface area contributed by atoms with Gasteiger partial charge in [-0.25, -0.2) is 4.99 Å². The van der Waals surface area contributed by atoms with Crippen LogP contribution in [-0.4, -0.2) is 12.6 Å². The lowest BCUT2D eigenvalue weighted by Gasteiger charge is -2.26. The van der Waals surface area contributed by atoms with Gasteiger partial charge in [-0.2, -0.15) is 0 Å². The van der Waals surface area contributed by atoms with E-state index in [2.05, 4.69) is 34.7 Å². The van der Waals surface area contributed by atoms with Crippen LogP contribution in [0.3, 0.4) is 0 Å². The summed E-state index contributed by atoms with van der Waals surface area (Å²) < 4.78 is 5.65. The number of ether oxygens (including phenoxy) is 1. The molecule has 1 aromatic carbocycles. The second-order valence-electron chi connectivity index (χ2n) is 5.10. The number of hydrogen-bond acceptors (Lipinski definition) is 3. The van der Waals surface area contributed by atoms with Crippen molar-refractivity contribution in [2.24, 2.45) is 10.7 Å². The van der Waals surface area contributed by atoms with E-state index >= 15 is 0 Å². The maximum Gasteiger partial charge on any atom is 0.189 e. The molecule has 0 amide bonds. The van der Waals surface area contributed by atoms with Crippen LogP contribution < -0.4 is 15.8 Å². The Morgan fingerprint density at radius 2 is 2.29 bits per heavy atom. The summed E-state index contributed by atoms with van der Waals surface area (Å²) in [6, 6.07) is 10.3. The average Bonchev–Trinajstić information content (AvgIpc) is 2.91. The lowest BCUT2D eigenvalue weighted by molar-refractivity contribution is 0.262. The van der Waals surface area contributed by atoms with Gasteiger partial charge in [-0.15, -0.1) is 11.3 Å². The van der Waals surface area contributed by atoms with Crippen molar-refractivity contribution in [3.05, 3.63) is 51.7 Å². The summed E-state index contributed by atoms with van der Waals surface area (Å²) in [6.07, 6.45) is 0.894. The number of guanidine groups is 1. The van der Waals surface area contributed by atoms with Crippen LogP contribution in [0.4, 0.5) is 0 Å². The molecule has 2 aromatic rings. The van der Waals surface area contributed by atoms with Gasteiger partial charge in [0.2, 0.25) is 0 Å². The fourth-order valence-corrected chi connectivity index (χ4v) is 3.27. The third kappa shape index (κ3) is 3.19. The summed E-state index contributed by atoms with van der Waals surface area (Å²) in [4.78, 5) is 5.70. The van der Waals surface area contributed by atoms with Crippen LogP contribution in [0.1, 0.15) is 28.5 Å². The number of thiophene rings is 1. The molecule has 3 N–H and O–H groups in total. The number of aliphatic imine (C=N–C) groups is 1. The second kappa shape index (κ2) is 6.18. The zero-order chi connectivity index (χ0) is 14.7. The molecule has 1 unspecified atom stereocenters. The highest BCUT2D eigenvalue weighted by Crippen LogP contribution is 2.31. The van der Waals surface area contributed by atoms with Gasteiger partial charge in [-0.1, -0.05) is 18.2 Å². The maximum absolute atomic E-state index is 6.03. The molecule has 0 saturated carbocycles. The predicted octanol–water partition coefficient (Wildman–Crippen LogP) is 2.98. The van der Waals surface area contributed by atoms with Crippen molar-refractivity contribution in [1.29, 1.82) is 0 Å². The SMILES string of the molecule is Cc1ccsc1CN=C(N)NC1CCOc2ccccc21. The number of nitrogens with zero attached hydrogens (tertiary/aromatic N) is 1. The standard InChI is InChI=1S/C16H19N3OS/c1-11-7-9-21-15(11)10-18-16(17)19-13-6-8-20-14-5-3-2-4-12(13)14/h2-5,7,9,13H,6,8,10H2,1H3,(H3,17,18,19). The molecule has 2 heterocycles. The molecule has 1 aliphatic rings. The van der Waals surface area contributed by atoms with E-state index in [9.17, 15) is 0 Å². The molecule has 5 heteroatoms. The summed E-state index contributed by atoms with van der Waals surface area (Å²) in [5.41, 5.74) is 8.45. The average molecular weight is 301 g/mol. The number of rotatable bonds is 3. The monoisotopic (exact) mass is 301 g/mol. The Morgan fingerprint density at radius 1 is 1.43 bits per heavy atom. The van der Waals surface area contributed by atoms with E-state index in [1.54, 1.807) is 11.3 Å². The van der Waals surface area contributed by atoms with Crippen LogP contribution in [0, 0.1) is 6.92 Å². The van der Waals surface area contributed by atoms with E-state index in [1.165, 1.54) is 10.4 Å². The Balaban J connectivity index is 1.68. The third-order valence-corrected chi connectivity index (χ3v) is 4.65. The van der Waals surface area contributed by atoms with Gasteiger partial charge in [-0.3, -0.25) is 0 Å². The van der Waals surface area contributed by atoms with Crippen LogP contribution in [0.2, 0.25) is 0 Å².